The molecule has 1 aliphatic heterocycles. The van der Waals surface area contributed by atoms with Gasteiger partial charge in [-0.3, -0.25) is 4.79 Å². The van der Waals surface area contributed by atoms with Gasteiger partial charge in [-0.1, -0.05) is 41.9 Å². The van der Waals surface area contributed by atoms with E-state index < -0.39 is 0 Å². The van der Waals surface area contributed by atoms with Crippen LogP contribution in [0, 0.1) is 6.92 Å². The minimum absolute atomic E-state index is 0.0734. The molecule has 0 unspecified atom stereocenters. The molecule has 1 aromatic heterocycles. The zero-order valence-corrected chi connectivity index (χ0v) is 13.7. The van der Waals surface area contributed by atoms with Gasteiger partial charge in [0.25, 0.3) is 0 Å². The third-order valence-corrected chi connectivity index (χ3v) is 5.14. The van der Waals surface area contributed by atoms with E-state index in [2.05, 4.69) is 34.6 Å². The van der Waals surface area contributed by atoms with Crippen LogP contribution in [0.15, 0.2) is 29.4 Å². The maximum atomic E-state index is 12.1. The molecule has 1 aliphatic rings. The number of carbonyl (C=O) groups is 1. The van der Waals surface area contributed by atoms with E-state index >= 15 is 0 Å². The van der Waals surface area contributed by atoms with Gasteiger partial charge < -0.3 is 9.88 Å². The van der Waals surface area contributed by atoms with E-state index in [-0.39, 0.29) is 11.2 Å². The lowest BCUT2D eigenvalue weighted by Gasteiger charge is -2.12. The van der Waals surface area contributed by atoms with Crippen LogP contribution in [-0.4, -0.2) is 32.5 Å². The van der Waals surface area contributed by atoms with Gasteiger partial charge in [-0.15, -0.1) is 10.2 Å². The summed E-state index contributed by atoms with van der Waals surface area (Å²) in [5.74, 6) is 0.947. The van der Waals surface area contributed by atoms with Crippen molar-refractivity contribution in [2.24, 2.45) is 7.05 Å². The van der Waals surface area contributed by atoms with Gasteiger partial charge in [0.2, 0.25) is 5.91 Å². The summed E-state index contributed by atoms with van der Waals surface area (Å²) in [5.41, 5.74) is 2.24. The van der Waals surface area contributed by atoms with Crippen molar-refractivity contribution >= 4 is 17.7 Å². The summed E-state index contributed by atoms with van der Waals surface area (Å²) < 4.78 is 1.97. The zero-order chi connectivity index (χ0) is 15.5. The summed E-state index contributed by atoms with van der Waals surface area (Å²) >= 11 is 1.51. The summed E-state index contributed by atoms with van der Waals surface area (Å²) in [6.45, 7) is 2.84. The van der Waals surface area contributed by atoms with E-state index in [0.717, 1.165) is 42.4 Å². The summed E-state index contributed by atoms with van der Waals surface area (Å²) in [6.07, 6.45) is 3.01. The molecular formula is C16H20N4OS. The van der Waals surface area contributed by atoms with Gasteiger partial charge >= 0.3 is 0 Å². The van der Waals surface area contributed by atoms with Gasteiger partial charge in [-0.25, -0.2) is 0 Å². The highest BCUT2D eigenvalue weighted by molar-refractivity contribution is 8.00. The molecule has 1 amide bonds. The maximum Gasteiger partial charge on any atom is 0.233 e. The molecule has 0 bridgehead atoms. The average molecular weight is 316 g/mol. The Bertz CT molecular complexity index is 683. The second-order valence-corrected chi connectivity index (χ2v) is 6.80. The predicted molar refractivity (Wildman–Crippen MR) is 87.7 cm³/mol. The number of rotatable bonds is 3. The van der Waals surface area contributed by atoms with Crippen molar-refractivity contribution in [3.8, 4) is 11.4 Å². The Kier molecular flexibility index (Phi) is 4.47. The second kappa shape index (κ2) is 6.52. The first-order chi connectivity index (χ1) is 10.6. The number of nitrogens with zero attached hydrogens (tertiary/aromatic N) is 3. The van der Waals surface area contributed by atoms with Crippen LogP contribution in [0.4, 0.5) is 0 Å². The fraction of sp³-hybridized carbons (Fsp3) is 0.438. The Hall–Kier alpha value is -1.82. The smallest absolute Gasteiger partial charge is 0.233 e. The average Bonchev–Trinajstić information content (AvgIpc) is 2.73. The molecule has 1 saturated heterocycles. The van der Waals surface area contributed by atoms with E-state index in [0.29, 0.717) is 0 Å². The lowest BCUT2D eigenvalue weighted by atomic mass is 10.1. The number of amides is 1. The van der Waals surface area contributed by atoms with E-state index in [1.54, 1.807) is 0 Å². The molecule has 0 radical (unpaired) electrons. The molecule has 2 heterocycles. The summed E-state index contributed by atoms with van der Waals surface area (Å²) in [4.78, 5) is 12.1. The van der Waals surface area contributed by atoms with Gasteiger partial charge in [0.15, 0.2) is 11.0 Å². The molecule has 6 heteroatoms. The Balaban J connectivity index is 1.82. The molecule has 116 valence electrons. The molecular weight excluding hydrogens is 296 g/mol. The van der Waals surface area contributed by atoms with Gasteiger partial charge in [-0.05, 0) is 25.8 Å². The normalized spacial score (nSPS) is 18.8. The van der Waals surface area contributed by atoms with Crippen molar-refractivity contribution in [2.45, 2.75) is 36.6 Å². The van der Waals surface area contributed by atoms with E-state index in [1.165, 1.54) is 17.3 Å². The second-order valence-electron chi connectivity index (χ2n) is 5.63. The summed E-state index contributed by atoms with van der Waals surface area (Å²) in [7, 11) is 1.95. The number of thioether (sulfide) groups is 1. The number of benzene rings is 1. The zero-order valence-electron chi connectivity index (χ0n) is 12.9. The first-order valence-corrected chi connectivity index (χ1v) is 8.44. The molecule has 22 heavy (non-hydrogen) atoms. The van der Waals surface area contributed by atoms with Gasteiger partial charge in [0, 0.05) is 19.2 Å². The van der Waals surface area contributed by atoms with Crippen molar-refractivity contribution in [3.63, 3.8) is 0 Å². The molecule has 3 rings (SSSR count). The number of nitrogens with one attached hydrogen (secondary N) is 1. The first-order valence-electron chi connectivity index (χ1n) is 7.56. The first kappa shape index (κ1) is 15.1. The lowest BCUT2D eigenvalue weighted by Crippen LogP contribution is -2.30. The van der Waals surface area contributed by atoms with Crippen LogP contribution in [0.3, 0.4) is 0 Å². The van der Waals surface area contributed by atoms with Crippen LogP contribution < -0.4 is 5.32 Å². The number of hydrogen-bond acceptors (Lipinski definition) is 4. The van der Waals surface area contributed by atoms with Gasteiger partial charge in [0.1, 0.15) is 0 Å². The van der Waals surface area contributed by atoms with E-state index in [9.17, 15) is 4.79 Å². The Morgan fingerprint density at radius 2 is 2.18 bits per heavy atom. The third kappa shape index (κ3) is 3.16. The topological polar surface area (TPSA) is 59.8 Å². The molecule has 0 aliphatic carbocycles. The lowest BCUT2D eigenvalue weighted by molar-refractivity contribution is -0.120. The quantitative estimate of drug-likeness (QED) is 0.945. The third-order valence-electron chi connectivity index (χ3n) is 3.84. The van der Waals surface area contributed by atoms with Crippen molar-refractivity contribution in [2.75, 3.05) is 6.54 Å². The maximum absolute atomic E-state index is 12.1. The Morgan fingerprint density at radius 1 is 1.32 bits per heavy atom. The fourth-order valence-electron chi connectivity index (χ4n) is 2.60. The SMILES string of the molecule is Cc1cccc(-c2nnc(S[C@H]3CCCCNC3=O)n2C)c1. The Labute approximate surface area is 134 Å². The number of aromatic nitrogens is 3. The van der Waals surface area contributed by atoms with E-state index in [1.807, 2.05) is 23.7 Å². The monoisotopic (exact) mass is 316 g/mol. The molecule has 0 spiro atoms. The Morgan fingerprint density at radius 3 is 3.00 bits per heavy atom. The number of carbonyl (C=O) groups excluding carboxylic acids is 1. The molecule has 5 nitrogen and oxygen atoms in total. The van der Waals surface area contributed by atoms with Crippen LogP contribution in [0.1, 0.15) is 24.8 Å². The molecule has 1 fully saturated rings. The standard InChI is InChI=1S/C16H20N4OS/c1-11-6-5-7-12(10-11)14-18-19-16(20(14)2)22-13-8-3-4-9-17-15(13)21/h5-7,10,13H,3-4,8-9H2,1-2H3,(H,17,21)/t13-/m0/s1. The number of hydrogen-bond donors (Lipinski definition) is 1. The van der Waals surface area contributed by atoms with E-state index in [4.69, 9.17) is 0 Å². The van der Waals surface area contributed by atoms with Gasteiger partial charge in [0.05, 0.1) is 5.25 Å². The highest BCUT2D eigenvalue weighted by atomic mass is 32.2. The minimum Gasteiger partial charge on any atom is -0.355 e. The minimum atomic E-state index is -0.0734. The molecule has 2 aromatic rings. The van der Waals surface area contributed by atoms with Gasteiger partial charge in [-0.2, -0.15) is 0 Å². The molecule has 0 saturated carbocycles. The van der Waals surface area contributed by atoms with Crippen molar-refractivity contribution < 1.29 is 4.79 Å². The predicted octanol–water partition coefficient (Wildman–Crippen LogP) is 2.55. The van der Waals surface area contributed by atoms with Crippen molar-refractivity contribution in [3.05, 3.63) is 29.8 Å². The fourth-order valence-corrected chi connectivity index (χ4v) is 3.67. The van der Waals surface area contributed by atoms with Crippen molar-refractivity contribution in [1.29, 1.82) is 0 Å². The van der Waals surface area contributed by atoms with Crippen LogP contribution >= 0.6 is 11.8 Å². The highest BCUT2D eigenvalue weighted by Crippen LogP contribution is 2.29. The summed E-state index contributed by atoms with van der Waals surface area (Å²) in [5, 5.41) is 12.3. The van der Waals surface area contributed by atoms with Crippen LogP contribution in [0.25, 0.3) is 11.4 Å². The number of aryl methyl sites for hydroxylation is 1. The van der Waals surface area contributed by atoms with Crippen LogP contribution in [0.2, 0.25) is 0 Å². The molecule has 1 aromatic carbocycles. The summed E-state index contributed by atoms with van der Waals surface area (Å²) in [6, 6.07) is 8.21. The highest BCUT2D eigenvalue weighted by Gasteiger charge is 2.24. The molecule has 1 atom stereocenters. The largest absolute Gasteiger partial charge is 0.355 e. The molecule has 1 N–H and O–H groups in total. The van der Waals surface area contributed by atoms with Crippen LogP contribution in [-0.2, 0) is 11.8 Å². The van der Waals surface area contributed by atoms with Crippen molar-refractivity contribution in [1.82, 2.24) is 20.1 Å². The van der Waals surface area contributed by atoms with Crippen LogP contribution in [0.5, 0.6) is 0 Å².